The number of ether oxygens (including phenoxy) is 1. The molecule has 0 fully saturated rings. The van der Waals surface area contributed by atoms with Crippen molar-refractivity contribution in [1.29, 1.82) is 0 Å². The van der Waals surface area contributed by atoms with Gasteiger partial charge in [-0.2, -0.15) is 0 Å². The Morgan fingerprint density at radius 3 is 2.31 bits per heavy atom. The quantitative estimate of drug-likeness (QED) is 0.323. The summed E-state index contributed by atoms with van der Waals surface area (Å²) in [6.45, 7) is 14.4. The maximum Gasteiger partial charge on any atom is 0.119 e. The topological polar surface area (TPSA) is 12.5 Å². The fraction of sp³-hybridized carbons (Fsp3) is 0.481. The van der Waals surface area contributed by atoms with E-state index in [1.165, 1.54) is 54.4 Å². The van der Waals surface area contributed by atoms with Gasteiger partial charge in [-0.15, -0.1) is 0 Å². The summed E-state index contributed by atoms with van der Waals surface area (Å²) >= 11 is 0. The molecule has 0 unspecified atom stereocenters. The van der Waals surface area contributed by atoms with Gasteiger partial charge in [-0.1, -0.05) is 83.0 Å². The zero-order valence-corrected chi connectivity index (χ0v) is 18.8. The Bertz CT molecular complexity index is 720. The van der Waals surface area contributed by atoms with Crippen LogP contribution in [0.1, 0.15) is 68.7 Å². The van der Waals surface area contributed by atoms with Gasteiger partial charge in [-0.25, -0.2) is 0 Å². The molecule has 29 heavy (non-hydrogen) atoms. The lowest BCUT2D eigenvalue weighted by molar-refractivity contribution is 0.199. The van der Waals surface area contributed by atoms with Crippen LogP contribution in [0, 0.1) is 0 Å². The van der Waals surface area contributed by atoms with E-state index < -0.39 is 0 Å². The highest BCUT2D eigenvalue weighted by atomic mass is 16.5. The molecular formula is C27H39NO. The molecule has 0 radical (unpaired) electrons. The average molecular weight is 394 g/mol. The second-order valence-electron chi connectivity index (χ2n) is 7.82. The van der Waals surface area contributed by atoms with E-state index >= 15 is 0 Å². The van der Waals surface area contributed by atoms with Gasteiger partial charge < -0.3 is 4.74 Å². The summed E-state index contributed by atoms with van der Waals surface area (Å²) < 4.78 is 6.10. The highest BCUT2D eigenvalue weighted by Gasteiger charge is 2.08. The lowest BCUT2D eigenvalue weighted by Crippen LogP contribution is -2.29. The lowest BCUT2D eigenvalue weighted by atomic mass is 10.1. The van der Waals surface area contributed by atoms with Crippen LogP contribution in [0.5, 0.6) is 5.75 Å². The molecule has 2 nitrogen and oxygen atoms in total. The SMILES string of the molecule is C=Cc1ccc(OCCN(CCCCC)Cc2ccc(CCC)cc2)cc1CC. The summed E-state index contributed by atoms with van der Waals surface area (Å²) in [7, 11) is 0. The number of benzene rings is 2. The Morgan fingerprint density at radius 2 is 1.66 bits per heavy atom. The van der Waals surface area contributed by atoms with E-state index in [1.807, 2.05) is 6.08 Å². The third-order valence-corrected chi connectivity index (χ3v) is 5.44. The second-order valence-corrected chi connectivity index (χ2v) is 7.82. The van der Waals surface area contributed by atoms with Crippen LogP contribution in [0.3, 0.4) is 0 Å². The molecule has 0 atom stereocenters. The fourth-order valence-corrected chi connectivity index (χ4v) is 3.68. The van der Waals surface area contributed by atoms with Crippen molar-refractivity contribution in [2.45, 2.75) is 65.8 Å². The van der Waals surface area contributed by atoms with E-state index in [4.69, 9.17) is 4.74 Å². The molecule has 2 heteroatoms. The summed E-state index contributed by atoms with van der Waals surface area (Å²) in [6, 6.07) is 15.5. The van der Waals surface area contributed by atoms with Gasteiger partial charge in [0.05, 0.1) is 0 Å². The molecule has 0 aliphatic rings. The van der Waals surface area contributed by atoms with Crippen molar-refractivity contribution in [2.24, 2.45) is 0 Å². The standard InChI is InChI=1S/C27H39NO/c1-5-9-10-18-28(22-24-14-12-23(11-6-2)13-15-24)19-20-29-27-17-16-25(7-3)26(8-4)21-27/h7,12-17,21H,3,5-6,8-11,18-20,22H2,1-2,4H3. The number of hydrogen-bond donors (Lipinski definition) is 0. The average Bonchev–Trinajstić information content (AvgIpc) is 2.75. The largest absolute Gasteiger partial charge is 0.492 e. The van der Waals surface area contributed by atoms with Crippen LogP contribution in [0.25, 0.3) is 6.08 Å². The molecule has 0 aliphatic heterocycles. The highest BCUT2D eigenvalue weighted by molar-refractivity contribution is 5.54. The molecular weight excluding hydrogens is 354 g/mol. The van der Waals surface area contributed by atoms with Crippen LogP contribution >= 0.6 is 0 Å². The van der Waals surface area contributed by atoms with E-state index in [9.17, 15) is 0 Å². The molecule has 0 aromatic heterocycles. The molecule has 2 aromatic rings. The van der Waals surface area contributed by atoms with Gasteiger partial charge >= 0.3 is 0 Å². The van der Waals surface area contributed by atoms with Crippen molar-refractivity contribution in [3.8, 4) is 5.75 Å². The predicted octanol–water partition coefficient (Wildman–Crippen LogP) is 6.92. The second kappa shape index (κ2) is 13.2. The monoisotopic (exact) mass is 393 g/mol. The first-order chi connectivity index (χ1) is 14.2. The Hall–Kier alpha value is -2.06. The van der Waals surface area contributed by atoms with E-state index in [0.29, 0.717) is 0 Å². The fourth-order valence-electron chi connectivity index (χ4n) is 3.68. The third kappa shape index (κ3) is 8.06. The third-order valence-electron chi connectivity index (χ3n) is 5.44. The van der Waals surface area contributed by atoms with Crippen LogP contribution < -0.4 is 4.74 Å². The van der Waals surface area contributed by atoms with Crippen molar-refractivity contribution < 1.29 is 4.74 Å². The molecule has 0 aliphatic carbocycles. The van der Waals surface area contributed by atoms with Crippen molar-refractivity contribution in [3.63, 3.8) is 0 Å². The van der Waals surface area contributed by atoms with E-state index in [-0.39, 0.29) is 0 Å². The van der Waals surface area contributed by atoms with Crippen molar-refractivity contribution in [1.82, 2.24) is 4.90 Å². The summed E-state index contributed by atoms with van der Waals surface area (Å²) in [5.41, 5.74) is 5.33. The van der Waals surface area contributed by atoms with Gasteiger partial charge in [0.15, 0.2) is 0 Å². The maximum absolute atomic E-state index is 6.10. The first-order valence-corrected chi connectivity index (χ1v) is 11.4. The molecule has 0 saturated heterocycles. The molecule has 0 bridgehead atoms. The maximum atomic E-state index is 6.10. The molecule has 0 spiro atoms. The Kier molecular flexibility index (Phi) is 10.6. The predicted molar refractivity (Wildman–Crippen MR) is 127 cm³/mol. The summed E-state index contributed by atoms with van der Waals surface area (Å²) in [5.74, 6) is 0.963. The minimum absolute atomic E-state index is 0.719. The van der Waals surface area contributed by atoms with Crippen LogP contribution in [0.2, 0.25) is 0 Å². The van der Waals surface area contributed by atoms with Crippen LogP contribution in [0.4, 0.5) is 0 Å². The molecule has 0 amide bonds. The minimum Gasteiger partial charge on any atom is -0.492 e. The molecule has 0 saturated carbocycles. The van der Waals surface area contributed by atoms with Crippen molar-refractivity contribution in [2.75, 3.05) is 19.7 Å². The van der Waals surface area contributed by atoms with Crippen LogP contribution in [0.15, 0.2) is 49.0 Å². The molecule has 2 rings (SSSR count). The molecule has 0 N–H and O–H groups in total. The molecule has 2 aromatic carbocycles. The summed E-state index contributed by atoms with van der Waals surface area (Å²) in [6.07, 6.45) is 9.07. The number of hydrogen-bond acceptors (Lipinski definition) is 2. The van der Waals surface area contributed by atoms with Gasteiger partial charge in [0.25, 0.3) is 0 Å². The first-order valence-electron chi connectivity index (χ1n) is 11.4. The normalized spacial score (nSPS) is 11.0. The summed E-state index contributed by atoms with van der Waals surface area (Å²) in [5, 5.41) is 0. The number of unbranched alkanes of at least 4 members (excludes halogenated alkanes) is 2. The highest BCUT2D eigenvalue weighted by Crippen LogP contribution is 2.19. The number of aryl methyl sites for hydroxylation is 2. The zero-order chi connectivity index (χ0) is 20.9. The van der Waals surface area contributed by atoms with Crippen LogP contribution in [-0.4, -0.2) is 24.6 Å². The Morgan fingerprint density at radius 1 is 0.897 bits per heavy atom. The first kappa shape index (κ1) is 23.2. The van der Waals surface area contributed by atoms with Gasteiger partial charge in [-0.3, -0.25) is 4.90 Å². The minimum atomic E-state index is 0.719. The lowest BCUT2D eigenvalue weighted by Gasteiger charge is -2.23. The van der Waals surface area contributed by atoms with Crippen LogP contribution in [-0.2, 0) is 19.4 Å². The number of nitrogens with zero attached hydrogens (tertiary/aromatic N) is 1. The Balaban J connectivity index is 1.92. The van der Waals surface area contributed by atoms with Gasteiger partial charge in [-0.05, 0) is 60.2 Å². The van der Waals surface area contributed by atoms with Crippen molar-refractivity contribution >= 4 is 6.08 Å². The summed E-state index contributed by atoms with van der Waals surface area (Å²) in [4.78, 5) is 2.53. The molecule has 0 heterocycles. The number of rotatable bonds is 14. The van der Waals surface area contributed by atoms with E-state index in [1.54, 1.807) is 0 Å². The zero-order valence-electron chi connectivity index (χ0n) is 18.8. The van der Waals surface area contributed by atoms with Crippen molar-refractivity contribution in [3.05, 3.63) is 71.3 Å². The van der Waals surface area contributed by atoms with Gasteiger partial charge in [0.2, 0.25) is 0 Å². The van der Waals surface area contributed by atoms with E-state index in [0.717, 1.165) is 38.4 Å². The Labute approximate surface area is 178 Å². The van der Waals surface area contributed by atoms with Gasteiger partial charge in [0, 0.05) is 13.1 Å². The van der Waals surface area contributed by atoms with Gasteiger partial charge in [0.1, 0.15) is 12.4 Å². The molecule has 158 valence electrons. The van der Waals surface area contributed by atoms with E-state index in [2.05, 4.69) is 74.7 Å². The smallest absolute Gasteiger partial charge is 0.119 e.